The van der Waals surface area contributed by atoms with Gasteiger partial charge in [-0.25, -0.2) is 0 Å². The van der Waals surface area contributed by atoms with Gasteiger partial charge in [0.25, 0.3) is 0 Å². The van der Waals surface area contributed by atoms with Crippen LogP contribution in [0.25, 0.3) is 0 Å². The molecule has 2 aromatic carbocycles. The molecule has 6 heteroatoms. The van der Waals surface area contributed by atoms with Gasteiger partial charge in [-0.15, -0.1) is 0 Å². The Balaban J connectivity index is 1.87. The highest BCUT2D eigenvalue weighted by molar-refractivity contribution is 5.43. The number of nitrogens with zero attached hydrogens (tertiary/aromatic N) is 3. The Labute approximate surface area is 194 Å². The molecule has 2 aromatic rings. The molecule has 0 saturated carbocycles. The van der Waals surface area contributed by atoms with E-state index in [0.29, 0.717) is 18.0 Å². The minimum absolute atomic E-state index is 0.219. The molecular formula is C26H41N3O3. The van der Waals surface area contributed by atoms with Gasteiger partial charge in [-0.1, -0.05) is 50.2 Å². The highest BCUT2D eigenvalue weighted by Crippen LogP contribution is 2.28. The first-order valence-electron chi connectivity index (χ1n) is 11.6. The highest BCUT2D eigenvalue weighted by Gasteiger charge is 2.13. The zero-order valence-corrected chi connectivity index (χ0v) is 20.5. The third-order valence-corrected chi connectivity index (χ3v) is 5.62. The van der Waals surface area contributed by atoms with Gasteiger partial charge in [0.2, 0.25) is 0 Å². The number of hydrogen-bond acceptors (Lipinski definition) is 6. The van der Waals surface area contributed by atoms with E-state index in [1.807, 2.05) is 37.4 Å². The van der Waals surface area contributed by atoms with Crippen molar-refractivity contribution in [1.82, 2.24) is 14.7 Å². The molecule has 0 aliphatic heterocycles. The average molecular weight is 444 g/mol. The second-order valence-electron chi connectivity index (χ2n) is 8.40. The summed E-state index contributed by atoms with van der Waals surface area (Å²) < 4.78 is 11.4. The topological polar surface area (TPSA) is 48.4 Å². The molecule has 32 heavy (non-hydrogen) atoms. The molecule has 1 N–H and O–H groups in total. The fraction of sp³-hybridized carbons (Fsp3) is 0.538. The number of hydrogen-bond donors (Lipinski definition) is 1. The van der Waals surface area contributed by atoms with Crippen LogP contribution in [-0.4, -0.2) is 86.4 Å². The summed E-state index contributed by atoms with van der Waals surface area (Å²) in [5.74, 6) is 1.36. The van der Waals surface area contributed by atoms with Crippen LogP contribution in [0.1, 0.15) is 25.0 Å². The molecule has 2 rings (SSSR count). The van der Waals surface area contributed by atoms with Crippen molar-refractivity contribution >= 4 is 0 Å². The van der Waals surface area contributed by atoms with Gasteiger partial charge >= 0.3 is 0 Å². The van der Waals surface area contributed by atoms with Crippen LogP contribution in [0.3, 0.4) is 0 Å². The lowest BCUT2D eigenvalue weighted by Gasteiger charge is -2.23. The minimum atomic E-state index is -0.589. The Morgan fingerprint density at radius 1 is 0.844 bits per heavy atom. The van der Waals surface area contributed by atoms with E-state index < -0.39 is 6.10 Å². The van der Waals surface area contributed by atoms with Crippen molar-refractivity contribution in [3.8, 4) is 11.5 Å². The lowest BCUT2D eigenvalue weighted by atomic mass is 10.2. The molecule has 0 aliphatic carbocycles. The van der Waals surface area contributed by atoms with Crippen LogP contribution in [0.2, 0.25) is 0 Å². The van der Waals surface area contributed by atoms with Crippen molar-refractivity contribution in [2.45, 2.75) is 33.0 Å². The molecule has 1 atom stereocenters. The molecule has 0 spiro atoms. The third kappa shape index (κ3) is 9.17. The maximum absolute atomic E-state index is 10.5. The maximum atomic E-state index is 10.5. The van der Waals surface area contributed by atoms with Gasteiger partial charge in [0, 0.05) is 32.7 Å². The fourth-order valence-electron chi connectivity index (χ4n) is 3.73. The van der Waals surface area contributed by atoms with E-state index in [1.54, 1.807) is 7.11 Å². The third-order valence-electron chi connectivity index (χ3n) is 5.62. The van der Waals surface area contributed by atoms with Crippen molar-refractivity contribution in [3.05, 3.63) is 59.7 Å². The molecule has 0 heterocycles. The second kappa shape index (κ2) is 14.1. The van der Waals surface area contributed by atoms with E-state index in [-0.39, 0.29) is 6.61 Å². The average Bonchev–Trinajstić information content (AvgIpc) is 2.79. The van der Waals surface area contributed by atoms with Gasteiger partial charge in [-0.3, -0.25) is 4.90 Å². The fourth-order valence-corrected chi connectivity index (χ4v) is 3.73. The van der Waals surface area contributed by atoms with E-state index in [4.69, 9.17) is 9.47 Å². The quantitative estimate of drug-likeness (QED) is 0.456. The Kier molecular flexibility index (Phi) is 11.5. The molecule has 178 valence electrons. The molecule has 0 aromatic heterocycles. The summed E-state index contributed by atoms with van der Waals surface area (Å²) in [5, 5.41) is 10.5. The van der Waals surface area contributed by atoms with Crippen LogP contribution in [0.4, 0.5) is 0 Å². The monoisotopic (exact) mass is 443 g/mol. The van der Waals surface area contributed by atoms with Crippen LogP contribution in [0, 0.1) is 0 Å². The smallest absolute Gasteiger partial charge is 0.161 e. The number of aliphatic hydroxyl groups is 1. The molecular weight excluding hydrogens is 402 g/mol. The summed E-state index contributed by atoms with van der Waals surface area (Å²) in [4.78, 5) is 6.84. The zero-order valence-electron chi connectivity index (χ0n) is 20.5. The van der Waals surface area contributed by atoms with E-state index in [9.17, 15) is 5.11 Å². The lowest BCUT2D eigenvalue weighted by molar-refractivity contribution is 0.0732. The number of likely N-dealkylation sites (N-methyl/N-ethyl adjacent to an activating group) is 3. The highest BCUT2D eigenvalue weighted by atomic mass is 16.5. The number of rotatable bonds is 15. The maximum Gasteiger partial charge on any atom is 0.161 e. The van der Waals surface area contributed by atoms with Gasteiger partial charge in [0.1, 0.15) is 12.7 Å². The molecule has 0 radical (unpaired) electrons. The zero-order chi connectivity index (χ0) is 23.3. The van der Waals surface area contributed by atoms with E-state index in [2.05, 4.69) is 53.8 Å². The normalized spacial score (nSPS) is 12.5. The Hall–Kier alpha value is -2.12. The van der Waals surface area contributed by atoms with Crippen molar-refractivity contribution < 1.29 is 14.6 Å². The Bertz CT molecular complexity index is 768. The van der Waals surface area contributed by atoms with Crippen molar-refractivity contribution in [2.24, 2.45) is 0 Å². The first-order chi connectivity index (χ1) is 15.4. The van der Waals surface area contributed by atoms with Crippen LogP contribution < -0.4 is 9.47 Å². The van der Waals surface area contributed by atoms with Crippen LogP contribution in [-0.2, 0) is 13.1 Å². The lowest BCUT2D eigenvalue weighted by Crippen LogP contribution is -2.33. The van der Waals surface area contributed by atoms with Crippen LogP contribution in [0.5, 0.6) is 11.5 Å². The molecule has 0 fully saturated rings. The van der Waals surface area contributed by atoms with E-state index >= 15 is 0 Å². The standard InChI is InChI=1S/C26H41N3O3/c1-6-29(7-2)16-15-27(3)19-23-13-14-25(31-5)26(17-23)32-21-24(30)20-28(4)18-22-11-9-8-10-12-22/h8-14,17,24,30H,6-7,15-16,18-21H2,1-5H3/t24-/m1/s1. The van der Waals surface area contributed by atoms with Crippen LogP contribution >= 0.6 is 0 Å². The summed E-state index contributed by atoms with van der Waals surface area (Å²) in [5.41, 5.74) is 2.39. The minimum Gasteiger partial charge on any atom is -0.493 e. The largest absolute Gasteiger partial charge is 0.493 e. The van der Waals surface area contributed by atoms with Crippen molar-refractivity contribution in [2.75, 3.05) is 60.5 Å². The predicted octanol–water partition coefficient (Wildman–Crippen LogP) is 3.34. The van der Waals surface area contributed by atoms with Crippen LogP contribution in [0.15, 0.2) is 48.5 Å². The summed E-state index contributed by atoms with van der Waals surface area (Å²) in [6, 6.07) is 16.3. The number of aliphatic hydroxyl groups excluding tert-OH is 1. The van der Waals surface area contributed by atoms with Gasteiger partial charge in [0.15, 0.2) is 11.5 Å². The van der Waals surface area contributed by atoms with Gasteiger partial charge in [-0.05, 0) is 50.4 Å². The predicted molar refractivity (Wildman–Crippen MR) is 131 cm³/mol. The second-order valence-corrected chi connectivity index (χ2v) is 8.40. The van der Waals surface area contributed by atoms with Gasteiger partial charge in [-0.2, -0.15) is 0 Å². The molecule has 0 bridgehead atoms. The Morgan fingerprint density at radius 2 is 1.53 bits per heavy atom. The molecule has 0 aliphatic rings. The molecule has 0 saturated heterocycles. The summed E-state index contributed by atoms with van der Waals surface area (Å²) in [6.45, 7) is 11.0. The SMILES string of the molecule is CCN(CC)CCN(C)Cc1ccc(OC)c(OC[C@H](O)CN(C)Cc2ccccc2)c1. The molecule has 6 nitrogen and oxygen atoms in total. The van der Waals surface area contributed by atoms with Crippen molar-refractivity contribution in [3.63, 3.8) is 0 Å². The first-order valence-corrected chi connectivity index (χ1v) is 11.6. The number of methoxy groups -OCH3 is 1. The molecule has 0 amide bonds. The van der Waals surface area contributed by atoms with E-state index in [0.717, 1.165) is 39.3 Å². The number of ether oxygens (including phenoxy) is 2. The van der Waals surface area contributed by atoms with Gasteiger partial charge < -0.3 is 24.4 Å². The van der Waals surface area contributed by atoms with Gasteiger partial charge in [0.05, 0.1) is 7.11 Å². The summed E-state index contributed by atoms with van der Waals surface area (Å²) in [6.07, 6.45) is -0.589. The summed E-state index contributed by atoms with van der Waals surface area (Å²) >= 11 is 0. The van der Waals surface area contributed by atoms with E-state index in [1.165, 1.54) is 11.1 Å². The Morgan fingerprint density at radius 3 is 2.19 bits per heavy atom. The first kappa shape index (κ1) is 26.1. The number of benzene rings is 2. The summed E-state index contributed by atoms with van der Waals surface area (Å²) in [7, 11) is 5.79. The van der Waals surface area contributed by atoms with Crippen molar-refractivity contribution in [1.29, 1.82) is 0 Å². The molecule has 0 unspecified atom stereocenters.